The molecule has 2 aromatic heterocycles. The monoisotopic (exact) mass is 321 g/mol. The van der Waals surface area contributed by atoms with Gasteiger partial charge in [0.2, 0.25) is 5.89 Å². The van der Waals surface area contributed by atoms with Crippen LogP contribution in [-0.2, 0) is 11.3 Å². The molecule has 5 nitrogen and oxygen atoms in total. The molecular formula is C19H19N3O2. The van der Waals surface area contributed by atoms with Crippen molar-refractivity contribution in [3.05, 3.63) is 66.1 Å². The van der Waals surface area contributed by atoms with E-state index in [2.05, 4.69) is 15.0 Å². The lowest BCUT2D eigenvalue weighted by molar-refractivity contribution is 0.0657. The Morgan fingerprint density at radius 1 is 1.17 bits per heavy atom. The Morgan fingerprint density at radius 2 is 2.04 bits per heavy atom. The first-order chi connectivity index (χ1) is 11.7. The number of ether oxygens (including phenoxy) is 1. The highest BCUT2D eigenvalue weighted by molar-refractivity contribution is 5.74. The average molecular weight is 321 g/mol. The zero-order chi connectivity index (χ0) is 16.8. The Balaban J connectivity index is 1.69. The zero-order valence-electron chi connectivity index (χ0n) is 13.7. The molecule has 0 aliphatic heterocycles. The lowest BCUT2D eigenvalue weighted by Gasteiger charge is -2.06. The van der Waals surface area contributed by atoms with Crippen molar-refractivity contribution in [2.24, 2.45) is 0 Å². The molecule has 0 unspecified atom stereocenters. The van der Waals surface area contributed by atoms with Gasteiger partial charge >= 0.3 is 0 Å². The lowest BCUT2D eigenvalue weighted by Crippen LogP contribution is -2.01. The Morgan fingerprint density at radius 3 is 2.83 bits per heavy atom. The van der Waals surface area contributed by atoms with Gasteiger partial charge in [0, 0.05) is 18.5 Å². The minimum absolute atomic E-state index is 0.206. The highest BCUT2D eigenvalue weighted by atomic mass is 16.5. The van der Waals surface area contributed by atoms with Gasteiger partial charge in [0.15, 0.2) is 5.58 Å². The molecule has 2 heterocycles. The quantitative estimate of drug-likeness (QED) is 0.635. The summed E-state index contributed by atoms with van der Waals surface area (Å²) in [4.78, 5) is 12.6. The molecule has 0 saturated heterocycles. The summed E-state index contributed by atoms with van der Waals surface area (Å²) >= 11 is 0. The van der Waals surface area contributed by atoms with Gasteiger partial charge in [-0.2, -0.15) is 0 Å². The molecule has 0 fully saturated rings. The predicted molar refractivity (Wildman–Crippen MR) is 94.0 cm³/mol. The third kappa shape index (κ3) is 4.36. The molecule has 0 radical (unpaired) electrons. The molecule has 5 heteroatoms. The van der Waals surface area contributed by atoms with E-state index < -0.39 is 0 Å². The third-order valence-electron chi connectivity index (χ3n) is 3.25. The standard InChI is InChI=1S/C19H19N3O2/c1-14(2)23-13-15-7-8-18-17(11-15)22-19(24-18)6-4-3-5-16-12-20-9-10-21-16/h3-12,14H,13H2,1-2H3/b5-3+,6-4+. The normalized spacial score (nSPS) is 12.1. The second kappa shape index (κ2) is 7.66. The van der Waals surface area contributed by atoms with Crippen LogP contribution in [0, 0.1) is 0 Å². The van der Waals surface area contributed by atoms with E-state index in [1.54, 1.807) is 18.6 Å². The fourth-order valence-electron chi connectivity index (χ4n) is 2.10. The third-order valence-corrected chi connectivity index (χ3v) is 3.25. The van der Waals surface area contributed by atoms with Crippen molar-refractivity contribution in [1.82, 2.24) is 15.0 Å². The van der Waals surface area contributed by atoms with Gasteiger partial charge in [-0.3, -0.25) is 9.97 Å². The summed E-state index contributed by atoms with van der Waals surface area (Å²) in [7, 11) is 0. The van der Waals surface area contributed by atoms with Gasteiger partial charge in [-0.05, 0) is 37.6 Å². The minimum Gasteiger partial charge on any atom is -0.437 e. The Bertz CT molecular complexity index is 851. The number of hydrogen-bond donors (Lipinski definition) is 0. The number of rotatable bonds is 6. The number of benzene rings is 1. The molecule has 122 valence electrons. The van der Waals surface area contributed by atoms with E-state index in [-0.39, 0.29) is 6.10 Å². The van der Waals surface area contributed by atoms with Crippen LogP contribution in [0.2, 0.25) is 0 Å². The van der Waals surface area contributed by atoms with Gasteiger partial charge in [0.1, 0.15) is 5.52 Å². The first kappa shape index (κ1) is 16.1. The maximum absolute atomic E-state index is 5.70. The van der Waals surface area contributed by atoms with E-state index in [1.807, 2.05) is 56.4 Å². The molecule has 24 heavy (non-hydrogen) atoms. The number of aromatic nitrogens is 3. The SMILES string of the molecule is CC(C)OCc1ccc2oc(/C=C/C=C/c3cnccn3)nc2c1. The second-order valence-electron chi connectivity index (χ2n) is 5.56. The summed E-state index contributed by atoms with van der Waals surface area (Å²) in [5.74, 6) is 0.565. The number of hydrogen-bond acceptors (Lipinski definition) is 5. The maximum Gasteiger partial charge on any atom is 0.219 e. The molecule has 0 atom stereocenters. The van der Waals surface area contributed by atoms with E-state index in [9.17, 15) is 0 Å². The van der Waals surface area contributed by atoms with Gasteiger partial charge in [0.25, 0.3) is 0 Å². The average Bonchev–Trinajstić information content (AvgIpc) is 3.00. The second-order valence-corrected chi connectivity index (χ2v) is 5.56. The fraction of sp³-hybridized carbons (Fsp3) is 0.211. The lowest BCUT2D eigenvalue weighted by atomic mass is 10.2. The van der Waals surface area contributed by atoms with Crippen LogP contribution in [0.4, 0.5) is 0 Å². The Hall–Kier alpha value is -2.79. The van der Waals surface area contributed by atoms with E-state index in [0.29, 0.717) is 12.5 Å². The Labute approximate surface area is 140 Å². The molecule has 0 aliphatic rings. The predicted octanol–water partition coefficient (Wildman–Crippen LogP) is 4.27. The highest BCUT2D eigenvalue weighted by Crippen LogP contribution is 2.19. The maximum atomic E-state index is 5.70. The first-order valence-corrected chi connectivity index (χ1v) is 7.82. The molecule has 3 rings (SSSR count). The molecule has 0 spiro atoms. The van der Waals surface area contributed by atoms with Crippen molar-refractivity contribution in [2.75, 3.05) is 0 Å². The van der Waals surface area contributed by atoms with Crippen molar-refractivity contribution in [1.29, 1.82) is 0 Å². The van der Waals surface area contributed by atoms with Crippen molar-refractivity contribution in [2.45, 2.75) is 26.6 Å². The van der Waals surface area contributed by atoms with Crippen LogP contribution in [0.15, 0.2) is 53.4 Å². The minimum atomic E-state index is 0.206. The van der Waals surface area contributed by atoms with Crippen LogP contribution in [0.25, 0.3) is 23.3 Å². The molecule has 0 amide bonds. The van der Waals surface area contributed by atoms with E-state index in [0.717, 1.165) is 22.4 Å². The number of oxazole rings is 1. The summed E-state index contributed by atoms with van der Waals surface area (Å²) in [6.45, 7) is 4.62. The van der Waals surface area contributed by atoms with Crippen LogP contribution >= 0.6 is 0 Å². The number of nitrogens with zero attached hydrogens (tertiary/aromatic N) is 3. The number of allylic oxidation sites excluding steroid dienone is 2. The van der Waals surface area contributed by atoms with E-state index >= 15 is 0 Å². The molecule has 0 N–H and O–H groups in total. The summed E-state index contributed by atoms with van der Waals surface area (Å²) < 4.78 is 11.3. The molecule has 0 aliphatic carbocycles. The first-order valence-electron chi connectivity index (χ1n) is 7.82. The molecule has 0 saturated carbocycles. The number of fused-ring (bicyclic) bond motifs is 1. The van der Waals surface area contributed by atoms with Crippen LogP contribution in [0.5, 0.6) is 0 Å². The van der Waals surface area contributed by atoms with Crippen molar-refractivity contribution in [3.8, 4) is 0 Å². The molecule has 3 aromatic rings. The zero-order valence-corrected chi connectivity index (χ0v) is 13.7. The smallest absolute Gasteiger partial charge is 0.219 e. The van der Waals surface area contributed by atoms with Crippen LogP contribution in [0.1, 0.15) is 31.0 Å². The summed E-state index contributed by atoms with van der Waals surface area (Å²) in [5, 5.41) is 0. The van der Waals surface area contributed by atoms with E-state index in [1.165, 1.54) is 0 Å². The van der Waals surface area contributed by atoms with Gasteiger partial charge in [-0.1, -0.05) is 18.2 Å². The van der Waals surface area contributed by atoms with E-state index in [4.69, 9.17) is 9.15 Å². The summed E-state index contributed by atoms with van der Waals surface area (Å²) in [6, 6.07) is 5.92. The van der Waals surface area contributed by atoms with Crippen molar-refractivity contribution in [3.63, 3.8) is 0 Å². The molecular weight excluding hydrogens is 302 g/mol. The fourth-order valence-corrected chi connectivity index (χ4v) is 2.10. The largest absolute Gasteiger partial charge is 0.437 e. The van der Waals surface area contributed by atoms with Gasteiger partial charge in [-0.25, -0.2) is 4.98 Å². The van der Waals surface area contributed by atoms with Crippen LogP contribution in [-0.4, -0.2) is 21.1 Å². The Kier molecular flexibility index (Phi) is 5.13. The van der Waals surface area contributed by atoms with Crippen molar-refractivity contribution < 1.29 is 9.15 Å². The summed E-state index contributed by atoms with van der Waals surface area (Å²) in [5.41, 5.74) is 3.48. The van der Waals surface area contributed by atoms with Gasteiger partial charge in [0.05, 0.1) is 24.6 Å². The summed E-state index contributed by atoms with van der Waals surface area (Å²) in [6.07, 6.45) is 12.6. The van der Waals surface area contributed by atoms with Crippen molar-refractivity contribution >= 4 is 23.3 Å². The highest BCUT2D eigenvalue weighted by Gasteiger charge is 2.05. The van der Waals surface area contributed by atoms with Gasteiger partial charge < -0.3 is 9.15 Å². The van der Waals surface area contributed by atoms with Crippen LogP contribution in [0.3, 0.4) is 0 Å². The molecule has 0 bridgehead atoms. The topological polar surface area (TPSA) is 61.0 Å². The molecule has 1 aromatic carbocycles. The van der Waals surface area contributed by atoms with Gasteiger partial charge in [-0.15, -0.1) is 0 Å². The van der Waals surface area contributed by atoms with Crippen LogP contribution < -0.4 is 0 Å².